The maximum absolute atomic E-state index is 9.44. The van der Waals surface area contributed by atoms with Crippen LogP contribution in [-0.4, -0.2) is 11.4 Å². The maximum Gasteiger partial charge on any atom is 0.206 e. The van der Waals surface area contributed by atoms with Crippen molar-refractivity contribution in [1.29, 1.82) is 10.5 Å². The van der Waals surface area contributed by atoms with Gasteiger partial charge in [-0.15, -0.1) is 0 Å². The molecule has 50 heavy (non-hydrogen) atoms. The summed E-state index contributed by atoms with van der Waals surface area (Å²) >= 11 is 0. The van der Waals surface area contributed by atoms with E-state index in [0.29, 0.717) is 5.92 Å². The molecule has 1 rings (SSSR count). The van der Waals surface area contributed by atoms with Crippen molar-refractivity contribution < 1.29 is 0 Å². The minimum Gasteiger partial charge on any atom is -0.173 e. The van der Waals surface area contributed by atoms with Crippen LogP contribution in [0.1, 0.15) is 239 Å². The van der Waals surface area contributed by atoms with Gasteiger partial charge in [0, 0.05) is 0 Å². The molecule has 1 atom stereocenters. The van der Waals surface area contributed by atoms with Gasteiger partial charge in [0.2, 0.25) is 12.4 Å². The number of unbranched alkanes of at least 4 members (excludes halogenated alkanes) is 30. The number of hydrogen-bond donors (Lipinski definition) is 0. The third-order valence-electron chi connectivity index (χ3n) is 10.9. The van der Waals surface area contributed by atoms with E-state index in [-0.39, 0.29) is 0 Å². The van der Waals surface area contributed by atoms with Crippen LogP contribution in [0.3, 0.4) is 0 Å². The zero-order chi connectivity index (χ0) is 36.2. The second-order valence-corrected chi connectivity index (χ2v) is 15.5. The maximum atomic E-state index is 9.44. The van der Waals surface area contributed by atoms with Crippen molar-refractivity contribution >= 4 is 11.4 Å². The van der Waals surface area contributed by atoms with Gasteiger partial charge >= 0.3 is 0 Å². The Hall–Kier alpha value is -2.20. The molecule has 4 nitrogen and oxygen atoms in total. The summed E-state index contributed by atoms with van der Waals surface area (Å²) in [5.41, 5.74) is 3.86. The predicted molar refractivity (Wildman–Crippen MR) is 220 cm³/mol. The lowest BCUT2D eigenvalue weighted by molar-refractivity contribution is 0.514. The topological polar surface area (TPSA) is 72.3 Å². The fraction of sp³-hybridized carbons (Fsp3) is 0.826. The summed E-state index contributed by atoms with van der Waals surface area (Å²) in [6.45, 7) is 6.86. The molecule has 0 aliphatic heterocycles. The molecule has 0 heterocycles. The first-order valence-electron chi connectivity index (χ1n) is 22.0. The number of rotatable bonds is 35. The number of aliphatic imine (C=N–C) groups is 2. The second-order valence-electron chi connectivity index (χ2n) is 15.5. The van der Waals surface area contributed by atoms with Gasteiger partial charge in [-0.25, -0.2) is 0 Å². The molecule has 0 saturated carbocycles. The molecule has 0 aromatic heterocycles. The third-order valence-corrected chi connectivity index (χ3v) is 10.9. The van der Waals surface area contributed by atoms with Crippen LogP contribution in [0.5, 0.6) is 0 Å². The highest BCUT2D eigenvalue weighted by Gasteiger charge is 2.24. The zero-order valence-corrected chi connectivity index (χ0v) is 33.6. The van der Waals surface area contributed by atoms with Crippen LogP contribution in [0, 0.1) is 28.8 Å². The molecule has 0 aromatic rings. The van der Waals surface area contributed by atoms with Crippen LogP contribution < -0.4 is 0 Å². The van der Waals surface area contributed by atoms with E-state index in [4.69, 9.17) is 0 Å². The zero-order valence-electron chi connectivity index (χ0n) is 33.6. The van der Waals surface area contributed by atoms with E-state index in [1.165, 1.54) is 199 Å². The van der Waals surface area contributed by atoms with Crippen LogP contribution in [0.4, 0.5) is 0 Å². The number of allylic oxidation sites excluding steroid dienone is 4. The van der Waals surface area contributed by atoms with E-state index in [1.807, 2.05) is 24.5 Å². The standard InChI is InChI=1S/C46H80N4/c1-4-6-8-10-12-14-16-18-20-21-22-23-25-27-29-31-33-35-37-43-44(49-40-47)38-39-45(50-41-48)46(43)42(3)36-34-32-30-28-26-24-19-17-15-13-11-9-7-5-2/h38-39,42H,4-37H2,1-3H3. The lowest BCUT2D eigenvalue weighted by Gasteiger charge is -2.24. The van der Waals surface area contributed by atoms with Crippen LogP contribution in [-0.2, 0) is 0 Å². The van der Waals surface area contributed by atoms with E-state index in [9.17, 15) is 10.5 Å². The molecule has 0 bridgehead atoms. The summed E-state index contributed by atoms with van der Waals surface area (Å²) in [5.74, 6) is 0.304. The van der Waals surface area contributed by atoms with Gasteiger partial charge in [-0.05, 0) is 48.5 Å². The molecule has 0 fully saturated rings. The Labute approximate surface area is 311 Å². The van der Waals surface area contributed by atoms with E-state index >= 15 is 0 Å². The van der Waals surface area contributed by atoms with E-state index < -0.39 is 0 Å². The highest BCUT2D eigenvalue weighted by atomic mass is 14.8. The van der Waals surface area contributed by atoms with E-state index in [1.54, 1.807) is 0 Å². The number of hydrogen-bond acceptors (Lipinski definition) is 4. The quantitative estimate of drug-likeness (QED) is 0.0378. The van der Waals surface area contributed by atoms with Crippen LogP contribution >= 0.6 is 0 Å². The first-order valence-corrected chi connectivity index (χ1v) is 22.0. The SMILES string of the molecule is CCCCCCCCCCCCCCCCCCCCC1=C(C(C)CCCCCCCCCCCCCCCC)C(=NC#N)C=CC1=NC#N. The van der Waals surface area contributed by atoms with Crippen LogP contribution in [0.25, 0.3) is 0 Å². The highest BCUT2D eigenvalue weighted by Crippen LogP contribution is 2.31. The molecule has 0 spiro atoms. The minimum absolute atomic E-state index is 0.304. The number of nitrogens with zero attached hydrogens (tertiary/aromatic N) is 4. The summed E-state index contributed by atoms with van der Waals surface area (Å²) in [5, 5.41) is 18.9. The molecule has 0 saturated heterocycles. The molecule has 284 valence electrons. The molecule has 1 aliphatic rings. The van der Waals surface area contributed by atoms with Crippen molar-refractivity contribution in [2.75, 3.05) is 0 Å². The summed E-state index contributed by atoms with van der Waals surface area (Å²) in [4.78, 5) is 8.42. The molecule has 1 aliphatic carbocycles. The van der Waals surface area contributed by atoms with Gasteiger partial charge in [-0.2, -0.15) is 20.5 Å². The van der Waals surface area contributed by atoms with Crippen LogP contribution in [0.15, 0.2) is 33.3 Å². The number of nitriles is 2. The van der Waals surface area contributed by atoms with Gasteiger partial charge < -0.3 is 0 Å². The Kier molecular flexibility index (Phi) is 32.3. The van der Waals surface area contributed by atoms with Gasteiger partial charge in [-0.1, -0.05) is 220 Å². The fourth-order valence-corrected chi connectivity index (χ4v) is 7.76. The Morgan fingerprint density at radius 3 is 1.10 bits per heavy atom. The summed E-state index contributed by atoms with van der Waals surface area (Å²) in [7, 11) is 0. The largest absolute Gasteiger partial charge is 0.206 e. The summed E-state index contributed by atoms with van der Waals surface area (Å²) in [6, 6.07) is 0. The second kappa shape index (κ2) is 35.2. The minimum atomic E-state index is 0.304. The van der Waals surface area contributed by atoms with E-state index in [2.05, 4.69) is 30.8 Å². The average Bonchev–Trinajstić information content (AvgIpc) is 3.12. The lowest BCUT2D eigenvalue weighted by atomic mass is 9.81. The Morgan fingerprint density at radius 2 is 0.740 bits per heavy atom. The first kappa shape index (κ1) is 45.8. The molecule has 0 aromatic carbocycles. The predicted octanol–water partition coefficient (Wildman–Crippen LogP) is 15.6. The molecular weight excluding hydrogens is 609 g/mol. The Morgan fingerprint density at radius 1 is 0.440 bits per heavy atom. The highest BCUT2D eigenvalue weighted by molar-refractivity contribution is 6.24. The summed E-state index contributed by atoms with van der Waals surface area (Å²) < 4.78 is 0. The molecular formula is C46H80N4. The monoisotopic (exact) mass is 689 g/mol. The van der Waals surface area contributed by atoms with Crippen molar-refractivity contribution in [2.45, 2.75) is 239 Å². The summed E-state index contributed by atoms with van der Waals surface area (Å²) in [6.07, 6.45) is 53.7. The van der Waals surface area contributed by atoms with Crippen LogP contribution in [0.2, 0.25) is 0 Å². The lowest BCUT2D eigenvalue weighted by Crippen LogP contribution is -2.20. The van der Waals surface area contributed by atoms with Crippen molar-refractivity contribution in [1.82, 2.24) is 0 Å². The van der Waals surface area contributed by atoms with Gasteiger partial charge in [0.25, 0.3) is 0 Å². The molecule has 0 radical (unpaired) electrons. The van der Waals surface area contributed by atoms with Crippen molar-refractivity contribution in [2.24, 2.45) is 15.9 Å². The van der Waals surface area contributed by atoms with Crippen molar-refractivity contribution in [3.63, 3.8) is 0 Å². The van der Waals surface area contributed by atoms with Gasteiger partial charge in [0.15, 0.2) is 0 Å². The average molecular weight is 689 g/mol. The van der Waals surface area contributed by atoms with Crippen molar-refractivity contribution in [3.8, 4) is 12.4 Å². The van der Waals surface area contributed by atoms with Gasteiger partial charge in [0.05, 0.1) is 11.4 Å². The third kappa shape index (κ3) is 24.9. The molecule has 0 N–H and O–H groups in total. The first-order chi connectivity index (χ1) is 24.7. The fourth-order valence-electron chi connectivity index (χ4n) is 7.76. The molecule has 1 unspecified atom stereocenters. The molecule has 4 heteroatoms. The van der Waals surface area contributed by atoms with Gasteiger partial charge in [0.1, 0.15) is 0 Å². The normalized spacial score (nSPS) is 15.2. The Balaban J connectivity index is 2.32. The van der Waals surface area contributed by atoms with Gasteiger partial charge in [-0.3, -0.25) is 0 Å². The van der Waals surface area contributed by atoms with Crippen molar-refractivity contribution in [3.05, 3.63) is 23.3 Å². The smallest absolute Gasteiger partial charge is 0.173 e. The Bertz CT molecular complexity index is 1000. The van der Waals surface area contributed by atoms with E-state index in [0.717, 1.165) is 41.8 Å². The molecule has 0 amide bonds.